The predicted octanol–water partition coefficient (Wildman–Crippen LogP) is 7.59. The number of imidazole rings is 4. The van der Waals surface area contributed by atoms with Gasteiger partial charge in [-0.3, -0.25) is 8.80 Å². The van der Waals surface area contributed by atoms with Crippen LogP contribution in [0, 0.1) is 0 Å². The van der Waals surface area contributed by atoms with E-state index in [2.05, 4.69) is 118 Å². The summed E-state index contributed by atoms with van der Waals surface area (Å²) in [5.41, 5.74) is 13.0. The summed E-state index contributed by atoms with van der Waals surface area (Å²) in [7, 11) is 0. The van der Waals surface area contributed by atoms with Gasteiger partial charge in [0.05, 0.1) is 33.1 Å². The molecule has 0 unspecified atom stereocenters. The average molecular weight is 488 g/mol. The summed E-state index contributed by atoms with van der Waals surface area (Å²) in [5, 5.41) is 2.38. The first-order valence-electron chi connectivity index (χ1n) is 13.1. The van der Waals surface area contributed by atoms with Crippen LogP contribution in [-0.2, 0) is 5.41 Å². The van der Waals surface area contributed by atoms with E-state index in [1.54, 1.807) is 0 Å². The summed E-state index contributed by atoms with van der Waals surface area (Å²) in [6, 6.07) is 32.8. The lowest BCUT2D eigenvalue weighted by Crippen LogP contribution is -2.15. The van der Waals surface area contributed by atoms with Crippen LogP contribution in [0.5, 0.6) is 0 Å². The van der Waals surface area contributed by atoms with Crippen LogP contribution in [0.3, 0.4) is 0 Å². The highest BCUT2D eigenvalue weighted by Crippen LogP contribution is 2.51. The highest BCUT2D eigenvalue weighted by Gasteiger charge is 2.38. The molecule has 5 aromatic carbocycles. The SMILES string of the molecule is CC1(C)c2ccccc2-c2ccc3c(nc4n3c3cccc5c3n4c3nc4c6ccccc6ccc4n53)c21. The third kappa shape index (κ3) is 1.92. The van der Waals surface area contributed by atoms with E-state index in [0.717, 1.165) is 50.2 Å². The second-order valence-corrected chi connectivity index (χ2v) is 11.2. The fourth-order valence-electron chi connectivity index (χ4n) is 7.36. The zero-order chi connectivity index (χ0) is 24.9. The summed E-state index contributed by atoms with van der Waals surface area (Å²) in [6.07, 6.45) is 0. The molecular weight excluding hydrogens is 466 g/mol. The van der Waals surface area contributed by atoms with Crippen molar-refractivity contribution in [2.75, 3.05) is 0 Å². The topological polar surface area (TPSA) is 39.0 Å². The Morgan fingerprint density at radius 1 is 0.553 bits per heavy atom. The average Bonchev–Trinajstić information content (AvgIpc) is 3.70. The minimum atomic E-state index is -0.122. The minimum absolute atomic E-state index is 0.122. The number of nitrogens with zero attached hydrogens (tertiary/aromatic N) is 5. The van der Waals surface area contributed by atoms with Gasteiger partial charge < -0.3 is 0 Å². The number of para-hydroxylation sites is 1. The molecule has 10 rings (SSSR count). The maximum atomic E-state index is 5.41. The van der Waals surface area contributed by atoms with E-state index in [1.165, 1.54) is 33.0 Å². The van der Waals surface area contributed by atoms with Crippen LogP contribution >= 0.6 is 0 Å². The van der Waals surface area contributed by atoms with Crippen molar-refractivity contribution in [3.8, 4) is 11.1 Å². The lowest BCUT2D eigenvalue weighted by atomic mass is 9.82. The van der Waals surface area contributed by atoms with E-state index in [9.17, 15) is 0 Å². The molecule has 0 spiro atoms. The molecule has 0 N–H and O–H groups in total. The van der Waals surface area contributed by atoms with Gasteiger partial charge in [-0.25, -0.2) is 14.4 Å². The van der Waals surface area contributed by atoms with Gasteiger partial charge in [-0.1, -0.05) is 80.6 Å². The summed E-state index contributed by atoms with van der Waals surface area (Å²) in [6.45, 7) is 4.65. The molecule has 1 aliphatic carbocycles. The lowest BCUT2D eigenvalue weighted by molar-refractivity contribution is 0.665. The molecule has 5 nitrogen and oxygen atoms in total. The first kappa shape index (κ1) is 19.2. The van der Waals surface area contributed by atoms with E-state index in [4.69, 9.17) is 9.97 Å². The second kappa shape index (κ2) is 5.97. The van der Waals surface area contributed by atoms with E-state index in [1.807, 2.05) is 0 Å². The third-order valence-corrected chi connectivity index (χ3v) is 8.96. The van der Waals surface area contributed by atoms with Crippen molar-refractivity contribution in [3.63, 3.8) is 0 Å². The van der Waals surface area contributed by atoms with Crippen molar-refractivity contribution in [2.24, 2.45) is 0 Å². The number of aromatic nitrogens is 5. The Labute approximate surface area is 216 Å². The van der Waals surface area contributed by atoms with E-state index in [0.29, 0.717) is 0 Å². The lowest BCUT2D eigenvalue weighted by Gasteiger charge is -2.21. The highest BCUT2D eigenvalue weighted by molar-refractivity contribution is 6.10. The summed E-state index contributed by atoms with van der Waals surface area (Å²) in [5.74, 6) is 1.83. The molecule has 5 heteroatoms. The Hall–Kier alpha value is -4.90. The molecule has 0 saturated carbocycles. The van der Waals surface area contributed by atoms with E-state index < -0.39 is 0 Å². The van der Waals surface area contributed by atoms with Gasteiger partial charge in [-0.15, -0.1) is 0 Å². The molecule has 0 atom stereocenters. The van der Waals surface area contributed by atoms with Crippen molar-refractivity contribution >= 4 is 60.9 Å². The Morgan fingerprint density at radius 2 is 1.24 bits per heavy atom. The number of rotatable bonds is 0. The highest BCUT2D eigenvalue weighted by atomic mass is 15.3. The minimum Gasteiger partial charge on any atom is -0.276 e. The fraction of sp³-hybridized carbons (Fsp3) is 0.0909. The molecule has 4 aromatic heterocycles. The fourth-order valence-corrected chi connectivity index (χ4v) is 7.36. The molecule has 0 saturated heterocycles. The molecule has 0 aliphatic heterocycles. The van der Waals surface area contributed by atoms with Gasteiger partial charge in [0.25, 0.3) is 0 Å². The summed E-state index contributed by atoms with van der Waals surface area (Å²) >= 11 is 0. The summed E-state index contributed by atoms with van der Waals surface area (Å²) in [4.78, 5) is 10.7. The maximum Gasteiger partial charge on any atom is 0.223 e. The molecule has 38 heavy (non-hydrogen) atoms. The smallest absolute Gasteiger partial charge is 0.223 e. The quantitative estimate of drug-likeness (QED) is 0.221. The molecule has 9 aromatic rings. The first-order chi connectivity index (χ1) is 18.6. The van der Waals surface area contributed by atoms with Crippen LogP contribution in [-0.4, -0.2) is 23.2 Å². The zero-order valence-corrected chi connectivity index (χ0v) is 20.9. The molecule has 0 fully saturated rings. The molecular formula is C33H21N5. The van der Waals surface area contributed by atoms with Crippen LogP contribution in [0.15, 0.2) is 91.0 Å². The first-order valence-corrected chi connectivity index (χ1v) is 13.1. The number of hydrogen-bond acceptors (Lipinski definition) is 2. The van der Waals surface area contributed by atoms with Crippen molar-refractivity contribution in [1.82, 2.24) is 23.2 Å². The molecule has 1 aliphatic rings. The second-order valence-electron chi connectivity index (χ2n) is 11.2. The number of fused-ring (bicyclic) bond motifs is 16. The Kier molecular flexibility index (Phi) is 3.02. The standard InChI is InChI=1S/C33H21N5/c1-33(2)22-11-6-5-10-20(22)21-15-17-24-29(27(21)33)35-32-37(24)26-13-7-12-25-30(26)38(32)31-34-28-19-9-4-3-8-18(19)14-16-23(28)36(25)31/h3-17H,1-2H3. The number of hydrogen-bond donors (Lipinski definition) is 0. The van der Waals surface area contributed by atoms with E-state index >= 15 is 0 Å². The predicted molar refractivity (Wildman–Crippen MR) is 154 cm³/mol. The van der Waals surface area contributed by atoms with Crippen LogP contribution in [0.4, 0.5) is 0 Å². The van der Waals surface area contributed by atoms with Crippen LogP contribution in [0.2, 0.25) is 0 Å². The largest absolute Gasteiger partial charge is 0.276 e. The molecule has 0 radical (unpaired) electrons. The normalized spacial score (nSPS) is 14.8. The monoisotopic (exact) mass is 487 g/mol. The molecule has 4 heterocycles. The van der Waals surface area contributed by atoms with Crippen LogP contribution < -0.4 is 0 Å². The van der Waals surface area contributed by atoms with Gasteiger partial charge in [0.2, 0.25) is 11.6 Å². The molecule has 0 bridgehead atoms. The van der Waals surface area contributed by atoms with Crippen molar-refractivity contribution < 1.29 is 0 Å². The maximum absolute atomic E-state index is 5.41. The van der Waals surface area contributed by atoms with Gasteiger partial charge >= 0.3 is 0 Å². The molecule has 178 valence electrons. The van der Waals surface area contributed by atoms with Crippen molar-refractivity contribution in [3.05, 3.63) is 102 Å². The Bertz CT molecular complexity index is 2480. The van der Waals surface area contributed by atoms with Crippen molar-refractivity contribution in [1.29, 1.82) is 0 Å². The van der Waals surface area contributed by atoms with Crippen LogP contribution in [0.1, 0.15) is 25.0 Å². The summed E-state index contributed by atoms with van der Waals surface area (Å²) < 4.78 is 6.89. The van der Waals surface area contributed by atoms with Gasteiger partial charge in [-0.05, 0) is 51.9 Å². The van der Waals surface area contributed by atoms with Gasteiger partial charge in [0, 0.05) is 10.8 Å². The molecule has 0 amide bonds. The third-order valence-electron chi connectivity index (χ3n) is 8.96. The Balaban J connectivity index is 1.42. The van der Waals surface area contributed by atoms with Crippen LogP contribution in [0.25, 0.3) is 72.1 Å². The van der Waals surface area contributed by atoms with E-state index in [-0.39, 0.29) is 5.41 Å². The number of benzene rings is 5. The van der Waals surface area contributed by atoms with Gasteiger partial charge in [0.15, 0.2) is 0 Å². The van der Waals surface area contributed by atoms with Gasteiger partial charge in [-0.2, -0.15) is 0 Å². The zero-order valence-electron chi connectivity index (χ0n) is 20.9. The Morgan fingerprint density at radius 3 is 2.08 bits per heavy atom. The van der Waals surface area contributed by atoms with Gasteiger partial charge in [0.1, 0.15) is 5.52 Å². The van der Waals surface area contributed by atoms with Crippen molar-refractivity contribution in [2.45, 2.75) is 19.3 Å².